The lowest BCUT2D eigenvalue weighted by Gasteiger charge is -2.25. The van der Waals surface area contributed by atoms with Crippen LogP contribution in [0.3, 0.4) is 0 Å². The van der Waals surface area contributed by atoms with Crippen LogP contribution in [-0.2, 0) is 31.4 Å². The summed E-state index contributed by atoms with van der Waals surface area (Å²) < 4.78 is 59.9. The molecule has 198 valence electrons. The van der Waals surface area contributed by atoms with Gasteiger partial charge in [-0.3, -0.25) is 4.79 Å². The van der Waals surface area contributed by atoms with Gasteiger partial charge in [-0.25, -0.2) is 21.6 Å². The summed E-state index contributed by atoms with van der Waals surface area (Å²) in [6, 6.07) is 11.0. The lowest BCUT2D eigenvalue weighted by Crippen LogP contribution is -2.35. The Morgan fingerprint density at radius 3 is 2.22 bits per heavy atom. The fraction of sp³-hybridized carbons (Fsp3) is 0.480. The maximum absolute atomic E-state index is 12.8. The van der Waals surface area contributed by atoms with Gasteiger partial charge in [-0.1, -0.05) is 32.4 Å². The Bertz CT molecular complexity index is 1250. The molecule has 0 bridgehead atoms. The minimum absolute atomic E-state index is 0.142. The molecule has 11 heteroatoms. The Balaban J connectivity index is 1.50. The van der Waals surface area contributed by atoms with Gasteiger partial charge in [-0.05, 0) is 67.1 Å². The van der Waals surface area contributed by atoms with Gasteiger partial charge in [0.1, 0.15) is 5.75 Å². The second-order valence-corrected chi connectivity index (χ2v) is 13.1. The first-order valence-corrected chi connectivity index (χ1v) is 15.0. The van der Waals surface area contributed by atoms with Crippen molar-refractivity contribution < 1.29 is 26.4 Å². The van der Waals surface area contributed by atoms with Crippen LogP contribution in [0.4, 0.5) is 0 Å². The molecule has 1 amide bonds. The lowest BCUT2D eigenvalue weighted by molar-refractivity contribution is -0.123. The first kappa shape index (κ1) is 28.1. The van der Waals surface area contributed by atoms with Gasteiger partial charge in [0.15, 0.2) is 6.61 Å². The second kappa shape index (κ2) is 12.2. The molecule has 3 rings (SSSR count). The first-order valence-electron chi connectivity index (χ1n) is 12.1. The standard InChI is InChI=1S/C25H35N3O6S2/c1-19(2)16-27-35(30,31)23-11-12-24(20(3)15-23)34-18-25(29)26-17-21-7-9-22(10-8-21)36(32,33)28-13-5-4-6-14-28/h7-12,15,19,27H,4-6,13-14,16-18H2,1-3H3,(H,26,29). The Hall–Kier alpha value is -2.47. The SMILES string of the molecule is Cc1cc(S(=O)(=O)NCC(C)C)ccc1OCC(=O)NCc1ccc(S(=O)(=O)N2CCCCC2)cc1. The number of benzene rings is 2. The number of nitrogens with one attached hydrogen (secondary N) is 2. The van der Waals surface area contributed by atoms with E-state index in [-0.39, 0.29) is 34.8 Å². The number of amides is 1. The lowest BCUT2D eigenvalue weighted by atomic mass is 10.2. The van der Waals surface area contributed by atoms with E-state index in [2.05, 4.69) is 10.0 Å². The predicted octanol–water partition coefficient (Wildman–Crippen LogP) is 2.80. The molecule has 0 aromatic heterocycles. The molecule has 0 aliphatic carbocycles. The van der Waals surface area contributed by atoms with Crippen LogP contribution in [0.5, 0.6) is 5.75 Å². The maximum atomic E-state index is 12.8. The number of hydrogen-bond acceptors (Lipinski definition) is 6. The van der Waals surface area contributed by atoms with Gasteiger partial charge in [0.25, 0.3) is 5.91 Å². The molecule has 1 aliphatic rings. The first-order chi connectivity index (χ1) is 17.0. The van der Waals surface area contributed by atoms with Crippen LogP contribution >= 0.6 is 0 Å². The van der Waals surface area contributed by atoms with Crippen molar-refractivity contribution in [2.75, 3.05) is 26.2 Å². The number of carbonyl (C=O) groups is 1. The summed E-state index contributed by atoms with van der Waals surface area (Å²) in [5.74, 6) is 0.252. The zero-order valence-electron chi connectivity index (χ0n) is 21.0. The summed E-state index contributed by atoms with van der Waals surface area (Å²) in [4.78, 5) is 12.7. The molecule has 1 fully saturated rings. The minimum Gasteiger partial charge on any atom is -0.484 e. The summed E-state index contributed by atoms with van der Waals surface area (Å²) >= 11 is 0. The van der Waals surface area contributed by atoms with Crippen molar-refractivity contribution in [3.8, 4) is 5.75 Å². The topological polar surface area (TPSA) is 122 Å². The molecule has 0 saturated carbocycles. The van der Waals surface area contributed by atoms with Crippen molar-refractivity contribution in [2.24, 2.45) is 5.92 Å². The highest BCUT2D eigenvalue weighted by molar-refractivity contribution is 7.89. The van der Waals surface area contributed by atoms with E-state index < -0.39 is 20.0 Å². The largest absolute Gasteiger partial charge is 0.484 e. The Morgan fingerprint density at radius 2 is 1.61 bits per heavy atom. The summed E-state index contributed by atoms with van der Waals surface area (Å²) in [6.07, 6.45) is 2.81. The molecule has 36 heavy (non-hydrogen) atoms. The van der Waals surface area contributed by atoms with E-state index in [0.717, 1.165) is 24.8 Å². The number of piperidine rings is 1. The molecule has 0 radical (unpaired) electrons. The van der Waals surface area contributed by atoms with Crippen LogP contribution in [-0.4, -0.2) is 53.3 Å². The third-order valence-corrected chi connectivity index (χ3v) is 9.20. The Labute approximate surface area is 214 Å². The van der Waals surface area contributed by atoms with E-state index >= 15 is 0 Å². The highest BCUT2D eigenvalue weighted by Crippen LogP contribution is 2.22. The average Bonchev–Trinajstić information content (AvgIpc) is 2.86. The molecular formula is C25H35N3O6S2. The molecule has 0 unspecified atom stereocenters. The van der Waals surface area contributed by atoms with Crippen LogP contribution in [0.25, 0.3) is 0 Å². The van der Waals surface area contributed by atoms with E-state index in [0.29, 0.717) is 30.9 Å². The zero-order valence-corrected chi connectivity index (χ0v) is 22.6. The van der Waals surface area contributed by atoms with Crippen molar-refractivity contribution >= 4 is 26.0 Å². The highest BCUT2D eigenvalue weighted by Gasteiger charge is 2.25. The zero-order chi connectivity index (χ0) is 26.3. The summed E-state index contributed by atoms with van der Waals surface area (Å²) in [5.41, 5.74) is 1.36. The normalized spacial score (nSPS) is 15.1. The molecule has 1 heterocycles. The van der Waals surface area contributed by atoms with Crippen molar-refractivity contribution in [2.45, 2.75) is 56.4 Å². The summed E-state index contributed by atoms with van der Waals surface area (Å²) in [5, 5.41) is 2.74. The Morgan fingerprint density at radius 1 is 0.972 bits per heavy atom. The van der Waals surface area contributed by atoms with Crippen LogP contribution < -0.4 is 14.8 Å². The molecule has 1 saturated heterocycles. The van der Waals surface area contributed by atoms with Crippen molar-refractivity contribution in [3.05, 3.63) is 53.6 Å². The number of hydrogen-bond donors (Lipinski definition) is 2. The number of nitrogens with zero attached hydrogens (tertiary/aromatic N) is 1. The third kappa shape index (κ3) is 7.52. The molecule has 0 atom stereocenters. The molecule has 2 aromatic rings. The number of carbonyl (C=O) groups excluding carboxylic acids is 1. The van der Waals surface area contributed by atoms with Gasteiger partial charge in [0.05, 0.1) is 9.79 Å². The van der Waals surface area contributed by atoms with Crippen LogP contribution in [0.15, 0.2) is 52.3 Å². The number of aryl methyl sites for hydroxylation is 1. The minimum atomic E-state index is -3.61. The van der Waals surface area contributed by atoms with Crippen LogP contribution in [0.2, 0.25) is 0 Å². The van der Waals surface area contributed by atoms with Gasteiger partial charge in [0.2, 0.25) is 20.0 Å². The molecular weight excluding hydrogens is 502 g/mol. The molecule has 2 aromatic carbocycles. The van der Waals surface area contributed by atoms with Gasteiger partial charge in [-0.2, -0.15) is 4.31 Å². The molecule has 2 N–H and O–H groups in total. The molecule has 1 aliphatic heterocycles. The third-order valence-electron chi connectivity index (χ3n) is 5.86. The van der Waals surface area contributed by atoms with Crippen LogP contribution in [0.1, 0.15) is 44.2 Å². The Kier molecular flexibility index (Phi) is 9.51. The highest BCUT2D eigenvalue weighted by atomic mass is 32.2. The number of rotatable bonds is 11. The summed E-state index contributed by atoms with van der Waals surface area (Å²) in [6.45, 7) is 6.99. The maximum Gasteiger partial charge on any atom is 0.258 e. The predicted molar refractivity (Wildman–Crippen MR) is 138 cm³/mol. The fourth-order valence-electron chi connectivity index (χ4n) is 3.74. The monoisotopic (exact) mass is 537 g/mol. The van der Waals surface area contributed by atoms with Gasteiger partial charge < -0.3 is 10.1 Å². The van der Waals surface area contributed by atoms with Crippen LogP contribution in [0, 0.1) is 12.8 Å². The quantitative estimate of drug-likeness (QED) is 0.455. The van der Waals surface area contributed by atoms with E-state index in [1.165, 1.54) is 22.5 Å². The average molecular weight is 538 g/mol. The molecule has 9 nitrogen and oxygen atoms in total. The van der Waals surface area contributed by atoms with Gasteiger partial charge >= 0.3 is 0 Å². The second-order valence-electron chi connectivity index (χ2n) is 9.35. The molecule has 0 spiro atoms. The van der Waals surface area contributed by atoms with Crippen molar-refractivity contribution in [1.82, 2.24) is 14.3 Å². The van der Waals surface area contributed by atoms with E-state index in [1.54, 1.807) is 31.2 Å². The van der Waals surface area contributed by atoms with E-state index in [1.807, 2.05) is 13.8 Å². The van der Waals surface area contributed by atoms with Gasteiger partial charge in [-0.15, -0.1) is 0 Å². The fourth-order valence-corrected chi connectivity index (χ4v) is 6.55. The number of sulfonamides is 2. The van der Waals surface area contributed by atoms with Crippen molar-refractivity contribution in [1.29, 1.82) is 0 Å². The smallest absolute Gasteiger partial charge is 0.258 e. The van der Waals surface area contributed by atoms with E-state index in [9.17, 15) is 21.6 Å². The summed E-state index contributed by atoms with van der Waals surface area (Å²) in [7, 11) is -7.10. The van der Waals surface area contributed by atoms with E-state index in [4.69, 9.17) is 4.74 Å². The van der Waals surface area contributed by atoms with Gasteiger partial charge in [0, 0.05) is 26.2 Å². The van der Waals surface area contributed by atoms with Crippen molar-refractivity contribution in [3.63, 3.8) is 0 Å². The number of ether oxygens (including phenoxy) is 1.